The molecule has 27 heavy (non-hydrogen) atoms. The molecule has 0 aromatic carbocycles. The summed E-state index contributed by atoms with van der Waals surface area (Å²) in [4.78, 5) is 26.2. The van der Waals surface area contributed by atoms with Gasteiger partial charge in [-0.1, -0.05) is 6.92 Å². The molecule has 0 aromatic heterocycles. The second-order valence-electron chi connectivity index (χ2n) is 9.97. The van der Waals surface area contributed by atoms with Crippen molar-refractivity contribution in [2.45, 2.75) is 64.7 Å². The zero-order chi connectivity index (χ0) is 19.4. The van der Waals surface area contributed by atoms with Crippen molar-refractivity contribution in [3.63, 3.8) is 0 Å². The first-order valence-electron chi connectivity index (χ1n) is 10.8. The Hall–Kier alpha value is -1.10. The van der Waals surface area contributed by atoms with Gasteiger partial charge in [-0.05, 0) is 88.8 Å². The van der Waals surface area contributed by atoms with Gasteiger partial charge in [0.05, 0.1) is 19.6 Å². The monoisotopic (exact) mass is 379 g/mol. The summed E-state index contributed by atoms with van der Waals surface area (Å²) in [7, 11) is 3.98. The molecule has 5 nitrogen and oxygen atoms in total. The molecule has 4 aliphatic carbocycles. The van der Waals surface area contributed by atoms with E-state index in [0.29, 0.717) is 26.1 Å². The van der Waals surface area contributed by atoms with Gasteiger partial charge in [0.1, 0.15) is 0 Å². The minimum atomic E-state index is -0.163. The van der Waals surface area contributed by atoms with Crippen LogP contribution in [-0.2, 0) is 19.1 Å². The topological polar surface area (TPSA) is 55.8 Å². The predicted molar refractivity (Wildman–Crippen MR) is 104 cm³/mol. The third kappa shape index (κ3) is 5.94. The number of rotatable bonds is 10. The fourth-order valence-corrected chi connectivity index (χ4v) is 5.99. The minimum Gasteiger partial charge on any atom is -0.465 e. The molecule has 0 aliphatic heterocycles. The molecular formula is C22H37NO4. The standard InChI is InChI=1S/C22H37NO4/c1-16(14-26-20(24)5-4-6-23(2)3)15-27-21(25)13-22-10-17-7-18(11-22)9-19(8-17)12-22/h16-19H,4-15H2,1-3H3. The Labute approximate surface area is 164 Å². The van der Waals surface area contributed by atoms with Crippen molar-refractivity contribution in [2.75, 3.05) is 33.9 Å². The molecule has 4 fully saturated rings. The first-order valence-corrected chi connectivity index (χ1v) is 10.8. The minimum absolute atomic E-state index is 0.0445. The number of hydrogen-bond acceptors (Lipinski definition) is 5. The van der Waals surface area contributed by atoms with Crippen LogP contribution in [0.1, 0.15) is 64.7 Å². The van der Waals surface area contributed by atoms with Crippen molar-refractivity contribution >= 4 is 11.9 Å². The molecule has 1 unspecified atom stereocenters. The van der Waals surface area contributed by atoms with Crippen LogP contribution in [-0.4, -0.2) is 50.7 Å². The van der Waals surface area contributed by atoms with Gasteiger partial charge < -0.3 is 14.4 Å². The van der Waals surface area contributed by atoms with Gasteiger partial charge in [0.25, 0.3) is 0 Å². The van der Waals surface area contributed by atoms with Gasteiger partial charge in [-0.2, -0.15) is 0 Å². The Kier molecular flexibility index (Phi) is 6.83. The summed E-state index contributed by atoms with van der Waals surface area (Å²) in [5.41, 5.74) is 0.230. The maximum Gasteiger partial charge on any atom is 0.306 e. The molecule has 5 heteroatoms. The highest BCUT2D eigenvalue weighted by molar-refractivity contribution is 5.70. The molecule has 0 spiro atoms. The Morgan fingerprint density at radius 3 is 2.00 bits per heavy atom. The molecular weight excluding hydrogens is 342 g/mol. The maximum atomic E-state index is 12.4. The molecule has 154 valence electrons. The first kappa shape index (κ1) is 20.6. The summed E-state index contributed by atoms with van der Waals surface area (Å²) in [5, 5.41) is 0. The second kappa shape index (κ2) is 8.93. The van der Waals surface area contributed by atoms with E-state index >= 15 is 0 Å². The van der Waals surface area contributed by atoms with Crippen LogP contribution in [0.25, 0.3) is 0 Å². The molecule has 0 N–H and O–H groups in total. The van der Waals surface area contributed by atoms with Crippen LogP contribution in [0.2, 0.25) is 0 Å². The van der Waals surface area contributed by atoms with E-state index < -0.39 is 0 Å². The number of hydrogen-bond donors (Lipinski definition) is 0. The van der Waals surface area contributed by atoms with Crippen molar-refractivity contribution in [2.24, 2.45) is 29.1 Å². The largest absolute Gasteiger partial charge is 0.465 e. The Bertz CT molecular complexity index is 495. The smallest absolute Gasteiger partial charge is 0.306 e. The van der Waals surface area contributed by atoms with E-state index in [1.807, 2.05) is 21.0 Å². The van der Waals surface area contributed by atoms with E-state index in [0.717, 1.165) is 30.7 Å². The summed E-state index contributed by atoms with van der Waals surface area (Å²) < 4.78 is 10.9. The van der Waals surface area contributed by atoms with E-state index in [4.69, 9.17) is 9.47 Å². The molecule has 4 saturated carbocycles. The molecule has 0 amide bonds. The fraction of sp³-hybridized carbons (Fsp3) is 0.909. The Morgan fingerprint density at radius 1 is 0.963 bits per heavy atom. The van der Waals surface area contributed by atoms with E-state index in [1.54, 1.807) is 0 Å². The van der Waals surface area contributed by atoms with Gasteiger partial charge in [-0.3, -0.25) is 9.59 Å². The number of ether oxygens (including phenoxy) is 2. The highest BCUT2D eigenvalue weighted by Gasteiger charge is 2.51. The van der Waals surface area contributed by atoms with Gasteiger partial charge >= 0.3 is 11.9 Å². The SMILES string of the molecule is CC(COC(=O)CCCN(C)C)COC(=O)CC12CC3CC(CC(C3)C1)C2. The first-order chi connectivity index (χ1) is 12.8. The molecule has 1 atom stereocenters. The van der Waals surface area contributed by atoms with Crippen LogP contribution < -0.4 is 0 Å². The molecule has 0 radical (unpaired) electrons. The molecule has 4 bridgehead atoms. The van der Waals surface area contributed by atoms with Gasteiger partial charge in [-0.15, -0.1) is 0 Å². The van der Waals surface area contributed by atoms with Crippen LogP contribution >= 0.6 is 0 Å². The summed E-state index contributed by atoms with van der Waals surface area (Å²) in [6.45, 7) is 3.51. The van der Waals surface area contributed by atoms with Gasteiger partial charge in [0.15, 0.2) is 0 Å². The molecule has 4 rings (SSSR count). The van der Waals surface area contributed by atoms with E-state index in [2.05, 4.69) is 4.90 Å². The summed E-state index contributed by atoms with van der Waals surface area (Å²) in [6, 6.07) is 0. The lowest BCUT2D eigenvalue weighted by atomic mass is 9.49. The van der Waals surface area contributed by atoms with E-state index in [9.17, 15) is 9.59 Å². The molecule has 0 saturated heterocycles. The quantitative estimate of drug-likeness (QED) is 0.542. The number of nitrogens with zero attached hydrogens (tertiary/aromatic N) is 1. The fourth-order valence-electron chi connectivity index (χ4n) is 5.99. The number of carbonyl (C=O) groups is 2. The molecule has 4 aliphatic rings. The molecule has 0 aromatic rings. The van der Waals surface area contributed by atoms with Crippen LogP contribution in [0.5, 0.6) is 0 Å². The summed E-state index contributed by atoms with van der Waals surface area (Å²) >= 11 is 0. The average Bonchev–Trinajstić information content (AvgIpc) is 2.56. The highest BCUT2D eigenvalue weighted by atomic mass is 16.5. The van der Waals surface area contributed by atoms with E-state index in [1.165, 1.54) is 38.5 Å². The van der Waals surface area contributed by atoms with Crippen molar-refractivity contribution in [1.82, 2.24) is 4.90 Å². The predicted octanol–water partition coefficient (Wildman–Crippen LogP) is 3.66. The average molecular weight is 380 g/mol. The Morgan fingerprint density at radius 2 is 1.48 bits per heavy atom. The molecule has 0 heterocycles. The third-order valence-electron chi connectivity index (χ3n) is 6.73. The number of esters is 2. The van der Waals surface area contributed by atoms with Crippen LogP contribution in [0, 0.1) is 29.1 Å². The summed E-state index contributed by atoms with van der Waals surface area (Å²) in [5.74, 6) is 2.40. The lowest BCUT2D eigenvalue weighted by Gasteiger charge is -2.56. The zero-order valence-corrected chi connectivity index (χ0v) is 17.4. The van der Waals surface area contributed by atoms with Crippen molar-refractivity contribution in [3.8, 4) is 0 Å². The lowest BCUT2D eigenvalue weighted by molar-refractivity contribution is -0.154. The summed E-state index contributed by atoms with van der Waals surface area (Å²) in [6.07, 6.45) is 9.71. The van der Waals surface area contributed by atoms with Crippen LogP contribution in [0.4, 0.5) is 0 Å². The Balaban J connectivity index is 1.32. The maximum absolute atomic E-state index is 12.4. The highest BCUT2D eigenvalue weighted by Crippen LogP contribution is 2.61. The second-order valence-corrected chi connectivity index (χ2v) is 9.97. The van der Waals surface area contributed by atoms with E-state index in [-0.39, 0.29) is 23.3 Å². The zero-order valence-electron chi connectivity index (χ0n) is 17.4. The van der Waals surface area contributed by atoms with Crippen molar-refractivity contribution in [1.29, 1.82) is 0 Å². The van der Waals surface area contributed by atoms with Gasteiger partial charge in [0.2, 0.25) is 0 Å². The van der Waals surface area contributed by atoms with Crippen LogP contribution in [0.15, 0.2) is 0 Å². The van der Waals surface area contributed by atoms with Crippen molar-refractivity contribution < 1.29 is 19.1 Å². The van der Waals surface area contributed by atoms with Gasteiger partial charge in [0, 0.05) is 12.3 Å². The van der Waals surface area contributed by atoms with Crippen LogP contribution in [0.3, 0.4) is 0 Å². The third-order valence-corrected chi connectivity index (χ3v) is 6.73. The lowest BCUT2D eigenvalue weighted by Crippen LogP contribution is -2.47. The number of carbonyl (C=O) groups excluding carboxylic acids is 2. The normalized spacial score (nSPS) is 32.5. The van der Waals surface area contributed by atoms with Crippen molar-refractivity contribution in [3.05, 3.63) is 0 Å². The van der Waals surface area contributed by atoms with Gasteiger partial charge in [-0.25, -0.2) is 0 Å².